The van der Waals surface area contributed by atoms with E-state index < -0.39 is 0 Å². The van der Waals surface area contributed by atoms with Crippen molar-refractivity contribution in [1.82, 2.24) is 4.40 Å². The van der Waals surface area contributed by atoms with Crippen molar-refractivity contribution in [3.05, 3.63) is 51.1 Å². The first kappa shape index (κ1) is 11.5. The Morgan fingerprint density at radius 2 is 1.70 bits per heavy atom. The van der Waals surface area contributed by atoms with E-state index in [4.69, 9.17) is 4.42 Å². The zero-order valence-corrected chi connectivity index (χ0v) is 12.0. The normalized spacial score (nSPS) is 12.2. The second-order valence-electron chi connectivity index (χ2n) is 5.64. The van der Waals surface area contributed by atoms with E-state index in [0.29, 0.717) is 0 Å². The minimum atomic E-state index is 0.0742. The number of aromatic nitrogens is 1. The van der Waals surface area contributed by atoms with Gasteiger partial charge in [0.25, 0.3) is 5.56 Å². The molecular formula is C17H15NO2. The van der Waals surface area contributed by atoms with Crippen LogP contribution in [-0.4, -0.2) is 4.40 Å². The van der Waals surface area contributed by atoms with Crippen molar-refractivity contribution in [2.24, 2.45) is 0 Å². The van der Waals surface area contributed by atoms with Crippen molar-refractivity contribution in [1.29, 1.82) is 0 Å². The highest BCUT2D eigenvalue weighted by atomic mass is 16.3. The lowest BCUT2D eigenvalue weighted by molar-refractivity contribution is 0.581. The maximum absolute atomic E-state index is 12.5. The smallest absolute Gasteiger partial charge is 0.258 e. The molecule has 0 bridgehead atoms. The zero-order valence-electron chi connectivity index (χ0n) is 12.0. The molecule has 3 nitrogen and oxygen atoms in total. The van der Waals surface area contributed by atoms with Gasteiger partial charge in [0.1, 0.15) is 11.3 Å². The SMILES string of the molecule is Cc1cc2cc3c(C)c(C)c(=O)n4c(C)cc(c2o1)c34. The first-order valence-electron chi connectivity index (χ1n) is 6.77. The molecule has 1 aromatic carbocycles. The molecule has 0 unspecified atom stereocenters. The van der Waals surface area contributed by atoms with E-state index in [1.165, 1.54) is 0 Å². The van der Waals surface area contributed by atoms with Crippen LogP contribution < -0.4 is 5.56 Å². The summed E-state index contributed by atoms with van der Waals surface area (Å²) in [7, 11) is 0. The molecule has 0 aliphatic heterocycles. The zero-order chi connectivity index (χ0) is 14.2. The summed E-state index contributed by atoms with van der Waals surface area (Å²) < 4.78 is 7.64. The van der Waals surface area contributed by atoms with Crippen LogP contribution in [0, 0.1) is 27.7 Å². The molecule has 20 heavy (non-hydrogen) atoms. The number of benzene rings is 1. The number of hydrogen-bond acceptors (Lipinski definition) is 2. The predicted octanol–water partition coefficient (Wildman–Crippen LogP) is 3.87. The van der Waals surface area contributed by atoms with Gasteiger partial charge in [0, 0.05) is 27.4 Å². The third-order valence-electron chi connectivity index (χ3n) is 4.36. The average molecular weight is 265 g/mol. The summed E-state index contributed by atoms with van der Waals surface area (Å²) in [5.74, 6) is 0.896. The van der Waals surface area contributed by atoms with Crippen LogP contribution in [0.4, 0.5) is 0 Å². The predicted molar refractivity (Wildman–Crippen MR) is 81.1 cm³/mol. The Kier molecular flexibility index (Phi) is 1.97. The van der Waals surface area contributed by atoms with Crippen LogP contribution in [0.15, 0.2) is 27.4 Å². The molecule has 4 aromatic rings. The lowest BCUT2D eigenvalue weighted by atomic mass is 10.0. The Morgan fingerprint density at radius 1 is 0.950 bits per heavy atom. The molecule has 0 fully saturated rings. The van der Waals surface area contributed by atoms with Gasteiger partial charge in [-0.2, -0.15) is 0 Å². The largest absolute Gasteiger partial charge is 0.461 e. The van der Waals surface area contributed by atoms with Crippen LogP contribution in [-0.2, 0) is 0 Å². The Balaban J connectivity index is 2.48. The third-order valence-corrected chi connectivity index (χ3v) is 4.36. The molecule has 0 aliphatic carbocycles. The fourth-order valence-electron chi connectivity index (χ4n) is 3.23. The van der Waals surface area contributed by atoms with Gasteiger partial charge in [0.15, 0.2) is 0 Å². The summed E-state index contributed by atoms with van der Waals surface area (Å²) in [5.41, 5.74) is 4.77. The highest BCUT2D eigenvalue weighted by molar-refractivity contribution is 6.13. The summed E-state index contributed by atoms with van der Waals surface area (Å²) in [6.45, 7) is 7.84. The molecule has 0 spiro atoms. The quantitative estimate of drug-likeness (QED) is 0.483. The van der Waals surface area contributed by atoms with Gasteiger partial charge in [-0.3, -0.25) is 9.20 Å². The van der Waals surface area contributed by atoms with Crippen molar-refractivity contribution in [2.45, 2.75) is 27.7 Å². The van der Waals surface area contributed by atoms with Crippen molar-refractivity contribution in [3.63, 3.8) is 0 Å². The summed E-state index contributed by atoms with van der Waals surface area (Å²) in [5, 5.41) is 3.27. The average Bonchev–Trinajstić information content (AvgIpc) is 2.93. The van der Waals surface area contributed by atoms with Gasteiger partial charge in [-0.1, -0.05) is 0 Å². The van der Waals surface area contributed by atoms with E-state index in [0.717, 1.165) is 49.8 Å². The molecule has 0 atom stereocenters. The minimum Gasteiger partial charge on any atom is -0.461 e. The molecule has 3 heteroatoms. The lowest BCUT2D eigenvalue weighted by Crippen LogP contribution is -2.18. The van der Waals surface area contributed by atoms with Crippen molar-refractivity contribution < 1.29 is 4.42 Å². The molecule has 0 aliphatic rings. The van der Waals surface area contributed by atoms with Crippen molar-refractivity contribution >= 4 is 27.3 Å². The van der Waals surface area contributed by atoms with Crippen LogP contribution >= 0.6 is 0 Å². The lowest BCUT2D eigenvalue weighted by Gasteiger charge is -2.08. The van der Waals surface area contributed by atoms with Gasteiger partial charge in [0.05, 0.1) is 5.52 Å². The van der Waals surface area contributed by atoms with E-state index in [-0.39, 0.29) is 5.56 Å². The fraction of sp³-hybridized carbons (Fsp3) is 0.235. The van der Waals surface area contributed by atoms with Crippen LogP contribution in [0.25, 0.3) is 27.3 Å². The van der Waals surface area contributed by atoms with Crippen molar-refractivity contribution in [3.8, 4) is 0 Å². The Hall–Kier alpha value is -2.29. The number of nitrogens with zero attached hydrogens (tertiary/aromatic N) is 1. The van der Waals surface area contributed by atoms with E-state index in [2.05, 4.69) is 12.1 Å². The van der Waals surface area contributed by atoms with Crippen LogP contribution in [0.5, 0.6) is 0 Å². The van der Waals surface area contributed by atoms with E-state index in [1.807, 2.05) is 38.2 Å². The van der Waals surface area contributed by atoms with E-state index in [1.54, 1.807) is 0 Å². The Morgan fingerprint density at radius 3 is 2.45 bits per heavy atom. The van der Waals surface area contributed by atoms with Gasteiger partial charge in [0.2, 0.25) is 0 Å². The molecule has 0 N–H and O–H groups in total. The number of rotatable bonds is 0. The number of pyridine rings is 1. The molecule has 0 radical (unpaired) electrons. The molecule has 0 amide bonds. The maximum atomic E-state index is 12.5. The van der Waals surface area contributed by atoms with Gasteiger partial charge >= 0.3 is 0 Å². The first-order valence-corrected chi connectivity index (χ1v) is 6.77. The first-order chi connectivity index (χ1) is 9.49. The monoisotopic (exact) mass is 265 g/mol. The molecule has 3 aromatic heterocycles. The maximum Gasteiger partial charge on any atom is 0.258 e. The third kappa shape index (κ3) is 1.18. The topological polar surface area (TPSA) is 34.6 Å². The molecule has 4 rings (SSSR count). The van der Waals surface area contributed by atoms with E-state index >= 15 is 0 Å². The van der Waals surface area contributed by atoms with Crippen molar-refractivity contribution in [2.75, 3.05) is 0 Å². The number of hydrogen-bond donors (Lipinski definition) is 0. The Bertz CT molecular complexity index is 1050. The van der Waals surface area contributed by atoms with E-state index in [9.17, 15) is 4.79 Å². The summed E-state index contributed by atoms with van der Waals surface area (Å²) >= 11 is 0. The number of furan rings is 1. The highest BCUT2D eigenvalue weighted by Gasteiger charge is 2.18. The summed E-state index contributed by atoms with van der Waals surface area (Å²) in [6.07, 6.45) is 0. The summed E-state index contributed by atoms with van der Waals surface area (Å²) in [4.78, 5) is 12.5. The van der Waals surface area contributed by atoms with Crippen LogP contribution in [0.2, 0.25) is 0 Å². The standard InChI is InChI=1S/C17H15NO2/c1-8-5-14-15-13(7-12-6-9(2)20-16(12)14)10(3)11(4)17(19)18(8)15/h5-7H,1-4H3. The molecule has 3 heterocycles. The van der Waals surface area contributed by atoms with Gasteiger partial charge in [-0.05, 0) is 51.5 Å². The minimum absolute atomic E-state index is 0.0742. The van der Waals surface area contributed by atoms with Crippen LogP contribution in [0.1, 0.15) is 22.6 Å². The van der Waals surface area contributed by atoms with Gasteiger partial charge < -0.3 is 4.42 Å². The molecule has 100 valence electrons. The summed E-state index contributed by atoms with van der Waals surface area (Å²) in [6, 6.07) is 6.24. The number of fused-ring (bicyclic) bond motifs is 2. The van der Waals surface area contributed by atoms with Crippen LogP contribution in [0.3, 0.4) is 0 Å². The second-order valence-corrected chi connectivity index (χ2v) is 5.64. The fourth-order valence-corrected chi connectivity index (χ4v) is 3.23. The number of aryl methyl sites for hydroxylation is 3. The molecular weight excluding hydrogens is 250 g/mol. The molecule has 0 saturated carbocycles. The highest BCUT2D eigenvalue weighted by Crippen LogP contribution is 2.35. The molecule has 0 saturated heterocycles. The van der Waals surface area contributed by atoms with Gasteiger partial charge in [-0.15, -0.1) is 0 Å². The van der Waals surface area contributed by atoms with Gasteiger partial charge in [-0.25, -0.2) is 0 Å². The Labute approximate surface area is 115 Å². The second kappa shape index (κ2) is 3.42.